The first-order valence-electron chi connectivity index (χ1n) is 6.87. The molecule has 0 spiro atoms. The average molecular weight is 279 g/mol. The van der Waals surface area contributed by atoms with E-state index < -0.39 is 0 Å². The lowest BCUT2D eigenvalue weighted by molar-refractivity contribution is 0.856. The van der Waals surface area contributed by atoms with Gasteiger partial charge in [-0.1, -0.05) is 30.3 Å². The molecule has 0 aliphatic heterocycles. The molecule has 0 amide bonds. The van der Waals surface area contributed by atoms with Gasteiger partial charge in [0.15, 0.2) is 5.82 Å². The minimum atomic E-state index is 0.180. The molecule has 0 saturated carbocycles. The smallest absolute Gasteiger partial charge is 0.160 e. The molecule has 2 aromatic heterocycles. The molecule has 0 saturated heterocycles. The Kier molecular flexibility index (Phi) is 3.64. The molecule has 5 nitrogen and oxygen atoms in total. The number of rotatable bonds is 4. The summed E-state index contributed by atoms with van der Waals surface area (Å²) < 4.78 is 1.92. The molecular weight excluding hydrogens is 262 g/mol. The molecule has 5 heteroatoms. The molecular formula is C16H17N5. The first-order chi connectivity index (χ1) is 10.2. The van der Waals surface area contributed by atoms with Gasteiger partial charge in [-0.15, -0.1) is 10.2 Å². The van der Waals surface area contributed by atoms with Gasteiger partial charge >= 0.3 is 0 Å². The fourth-order valence-electron chi connectivity index (χ4n) is 2.19. The highest BCUT2D eigenvalue weighted by Gasteiger charge is 2.08. The molecule has 0 fully saturated rings. The number of aryl methyl sites for hydroxylation is 1. The van der Waals surface area contributed by atoms with Gasteiger partial charge in [-0.05, 0) is 24.6 Å². The summed E-state index contributed by atoms with van der Waals surface area (Å²) in [6.07, 6.45) is 3.64. The summed E-state index contributed by atoms with van der Waals surface area (Å²) in [6, 6.07) is 14.3. The Morgan fingerprint density at radius 3 is 2.48 bits per heavy atom. The van der Waals surface area contributed by atoms with Crippen molar-refractivity contribution in [2.45, 2.75) is 13.0 Å². The zero-order valence-electron chi connectivity index (χ0n) is 12.1. The van der Waals surface area contributed by atoms with Crippen LogP contribution in [0.15, 0.2) is 54.9 Å². The summed E-state index contributed by atoms with van der Waals surface area (Å²) in [6.45, 7) is 2.10. The van der Waals surface area contributed by atoms with E-state index in [0.29, 0.717) is 0 Å². The van der Waals surface area contributed by atoms with E-state index in [1.54, 1.807) is 6.20 Å². The third kappa shape index (κ3) is 2.91. The van der Waals surface area contributed by atoms with Crippen molar-refractivity contribution in [3.8, 4) is 11.5 Å². The van der Waals surface area contributed by atoms with E-state index in [2.05, 4.69) is 39.6 Å². The number of imidazole rings is 1. The lowest BCUT2D eigenvalue weighted by Crippen LogP contribution is -2.08. The fourth-order valence-corrected chi connectivity index (χ4v) is 2.19. The maximum absolute atomic E-state index is 4.26. The highest BCUT2D eigenvalue weighted by Crippen LogP contribution is 2.19. The monoisotopic (exact) mass is 279 g/mol. The fraction of sp³-hybridized carbons (Fsp3) is 0.188. The quantitative estimate of drug-likeness (QED) is 0.797. The highest BCUT2D eigenvalue weighted by atomic mass is 15.2. The minimum Gasteiger partial charge on any atom is -0.362 e. The molecule has 0 aliphatic carbocycles. The van der Waals surface area contributed by atoms with Crippen LogP contribution in [0.1, 0.15) is 18.5 Å². The van der Waals surface area contributed by atoms with E-state index >= 15 is 0 Å². The van der Waals surface area contributed by atoms with Crippen molar-refractivity contribution in [3.63, 3.8) is 0 Å². The Balaban J connectivity index is 1.75. The Bertz CT molecular complexity index is 703. The van der Waals surface area contributed by atoms with Gasteiger partial charge in [-0.25, -0.2) is 4.98 Å². The minimum absolute atomic E-state index is 0.180. The molecule has 1 atom stereocenters. The summed E-state index contributed by atoms with van der Waals surface area (Å²) in [4.78, 5) is 4.26. The topological polar surface area (TPSA) is 55.6 Å². The molecule has 2 heterocycles. The molecule has 21 heavy (non-hydrogen) atoms. The second-order valence-electron chi connectivity index (χ2n) is 4.94. The summed E-state index contributed by atoms with van der Waals surface area (Å²) in [5.41, 5.74) is 1.98. The van der Waals surface area contributed by atoms with Gasteiger partial charge in [0.1, 0.15) is 11.5 Å². The van der Waals surface area contributed by atoms with E-state index in [-0.39, 0.29) is 6.04 Å². The summed E-state index contributed by atoms with van der Waals surface area (Å²) in [5.74, 6) is 1.56. The normalized spacial score (nSPS) is 12.1. The lowest BCUT2D eigenvalue weighted by atomic mass is 10.1. The van der Waals surface area contributed by atoms with Crippen molar-refractivity contribution in [2.75, 3.05) is 5.32 Å². The van der Waals surface area contributed by atoms with Gasteiger partial charge in [-0.3, -0.25) is 0 Å². The average Bonchev–Trinajstić information content (AvgIpc) is 2.95. The number of nitrogens with zero attached hydrogens (tertiary/aromatic N) is 4. The lowest BCUT2D eigenvalue weighted by Gasteiger charge is -2.14. The molecule has 0 aliphatic rings. The van der Waals surface area contributed by atoms with Crippen molar-refractivity contribution in [3.05, 3.63) is 60.4 Å². The Hall–Kier alpha value is -2.69. The number of anilines is 1. The number of benzene rings is 1. The van der Waals surface area contributed by atoms with Gasteiger partial charge in [0, 0.05) is 25.5 Å². The Morgan fingerprint density at radius 2 is 1.86 bits per heavy atom. The maximum Gasteiger partial charge on any atom is 0.160 e. The molecule has 106 valence electrons. The standard InChI is InChI=1S/C16H17N5/c1-12(13-6-4-3-5-7-13)18-15-9-8-14(19-20-15)16-17-10-11-21(16)2/h3-12H,1-2H3,(H,18,20)/t12-/m0/s1. The third-order valence-electron chi connectivity index (χ3n) is 3.38. The molecule has 0 unspecified atom stereocenters. The number of aromatic nitrogens is 4. The second-order valence-corrected chi connectivity index (χ2v) is 4.94. The van der Waals surface area contributed by atoms with Crippen LogP contribution >= 0.6 is 0 Å². The van der Waals surface area contributed by atoms with Gasteiger partial charge in [0.05, 0.1) is 0 Å². The molecule has 3 rings (SSSR count). The molecule has 1 aromatic carbocycles. The Labute approximate surface area is 123 Å². The second kappa shape index (κ2) is 5.75. The van der Waals surface area contributed by atoms with E-state index in [1.165, 1.54) is 5.56 Å². The van der Waals surface area contributed by atoms with E-state index in [1.807, 2.05) is 48.1 Å². The van der Waals surface area contributed by atoms with Crippen LogP contribution in [0.25, 0.3) is 11.5 Å². The maximum atomic E-state index is 4.26. The SMILES string of the molecule is C[C@H](Nc1ccc(-c2nccn2C)nn1)c1ccccc1. The molecule has 3 aromatic rings. The van der Waals surface area contributed by atoms with Crippen LogP contribution in [0.5, 0.6) is 0 Å². The predicted molar refractivity (Wildman–Crippen MR) is 82.7 cm³/mol. The van der Waals surface area contributed by atoms with Gasteiger partial charge in [0.25, 0.3) is 0 Å². The van der Waals surface area contributed by atoms with Crippen LogP contribution in [0.4, 0.5) is 5.82 Å². The summed E-state index contributed by atoms with van der Waals surface area (Å²) in [7, 11) is 1.94. The Morgan fingerprint density at radius 1 is 1.05 bits per heavy atom. The van der Waals surface area contributed by atoms with Crippen LogP contribution in [-0.4, -0.2) is 19.7 Å². The van der Waals surface area contributed by atoms with Gasteiger partial charge in [0.2, 0.25) is 0 Å². The van der Waals surface area contributed by atoms with Crippen molar-refractivity contribution in [2.24, 2.45) is 7.05 Å². The van der Waals surface area contributed by atoms with Crippen LogP contribution in [-0.2, 0) is 7.05 Å². The zero-order chi connectivity index (χ0) is 14.7. The van der Waals surface area contributed by atoms with Crippen molar-refractivity contribution in [1.29, 1.82) is 0 Å². The summed E-state index contributed by atoms with van der Waals surface area (Å²) >= 11 is 0. The number of hydrogen-bond acceptors (Lipinski definition) is 4. The van der Waals surface area contributed by atoms with Crippen molar-refractivity contribution in [1.82, 2.24) is 19.7 Å². The van der Waals surface area contributed by atoms with Crippen LogP contribution in [0.2, 0.25) is 0 Å². The first kappa shape index (κ1) is 13.3. The highest BCUT2D eigenvalue weighted by molar-refractivity contribution is 5.51. The van der Waals surface area contributed by atoms with Gasteiger partial charge < -0.3 is 9.88 Å². The van der Waals surface area contributed by atoms with E-state index in [4.69, 9.17) is 0 Å². The third-order valence-corrected chi connectivity index (χ3v) is 3.38. The van der Waals surface area contributed by atoms with Crippen LogP contribution in [0, 0.1) is 0 Å². The molecule has 1 N–H and O–H groups in total. The predicted octanol–water partition coefficient (Wildman–Crippen LogP) is 3.05. The number of nitrogens with one attached hydrogen (secondary N) is 1. The van der Waals surface area contributed by atoms with E-state index in [9.17, 15) is 0 Å². The first-order valence-corrected chi connectivity index (χ1v) is 6.87. The largest absolute Gasteiger partial charge is 0.362 e. The zero-order valence-corrected chi connectivity index (χ0v) is 12.1. The van der Waals surface area contributed by atoms with Crippen LogP contribution < -0.4 is 5.32 Å². The van der Waals surface area contributed by atoms with Crippen molar-refractivity contribution >= 4 is 5.82 Å². The van der Waals surface area contributed by atoms with Crippen LogP contribution in [0.3, 0.4) is 0 Å². The summed E-state index contributed by atoms with van der Waals surface area (Å²) in [5, 5.41) is 11.8. The molecule has 0 bridgehead atoms. The van der Waals surface area contributed by atoms with Gasteiger partial charge in [-0.2, -0.15) is 0 Å². The van der Waals surface area contributed by atoms with E-state index in [0.717, 1.165) is 17.3 Å². The molecule has 0 radical (unpaired) electrons. The number of hydrogen-bond donors (Lipinski definition) is 1. The van der Waals surface area contributed by atoms with Crippen molar-refractivity contribution < 1.29 is 0 Å².